The van der Waals surface area contributed by atoms with Gasteiger partial charge in [-0.1, -0.05) is 17.7 Å². The van der Waals surface area contributed by atoms with Crippen molar-refractivity contribution in [3.63, 3.8) is 0 Å². The first kappa shape index (κ1) is 13.1. The van der Waals surface area contributed by atoms with Crippen LogP contribution in [0.3, 0.4) is 0 Å². The number of ether oxygens (including phenoxy) is 1. The molecule has 1 fully saturated rings. The summed E-state index contributed by atoms with van der Waals surface area (Å²) in [5, 5.41) is 0.623. The van der Waals surface area contributed by atoms with Gasteiger partial charge in [-0.3, -0.25) is 4.79 Å². The highest BCUT2D eigenvalue weighted by atomic mass is 127. The van der Waals surface area contributed by atoms with Crippen LogP contribution in [-0.2, 0) is 4.74 Å². The molecular weight excluding hydrogens is 352 g/mol. The summed E-state index contributed by atoms with van der Waals surface area (Å²) in [4.78, 5) is 14.1. The molecule has 0 bridgehead atoms. The third-order valence-electron chi connectivity index (χ3n) is 2.71. The minimum atomic E-state index is 0.0343. The molecule has 0 aromatic heterocycles. The number of rotatable bonds is 1. The van der Waals surface area contributed by atoms with Crippen LogP contribution in [0.2, 0.25) is 5.02 Å². The number of carbonyl (C=O) groups is 1. The van der Waals surface area contributed by atoms with Gasteiger partial charge < -0.3 is 9.64 Å². The van der Waals surface area contributed by atoms with Crippen molar-refractivity contribution in [3.05, 3.63) is 32.4 Å². The summed E-state index contributed by atoms with van der Waals surface area (Å²) < 4.78 is 6.24. The monoisotopic (exact) mass is 365 g/mol. The number of benzene rings is 1. The molecule has 1 aromatic carbocycles. The number of morpholine rings is 1. The third kappa shape index (κ3) is 2.92. The number of halogens is 2. The highest BCUT2D eigenvalue weighted by Gasteiger charge is 2.24. The molecule has 1 amide bonds. The normalized spacial score (nSPS) is 20.4. The van der Waals surface area contributed by atoms with E-state index in [1.54, 1.807) is 6.07 Å². The highest BCUT2D eigenvalue weighted by molar-refractivity contribution is 14.1. The summed E-state index contributed by atoms with van der Waals surface area (Å²) in [6, 6.07) is 5.42. The third-order valence-corrected chi connectivity index (χ3v) is 4.51. The maximum absolute atomic E-state index is 12.3. The molecule has 1 aromatic rings. The lowest BCUT2D eigenvalue weighted by molar-refractivity contribution is -0.0124. The Kier molecular flexibility index (Phi) is 4.27. The lowest BCUT2D eigenvalue weighted by Gasteiger charge is -2.31. The van der Waals surface area contributed by atoms with Gasteiger partial charge in [0, 0.05) is 16.7 Å². The van der Waals surface area contributed by atoms with E-state index in [0.29, 0.717) is 30.3 Å². The van der Waals surface area contributed by atoms with Crippen molar-refractivity contribution < 1.29 is 9.53 Å². The predicted octanol–water partition coefficient (Wildman–Crippen LogP) is 2.81. The Morgan fingerprint density at radius 1 is 1.59 bits per heavy atom. The Bertz CT molecular complexity index is 439. The summed E-state index contributed by atoms with van der Waals surface area (Å²) in [6.45, 7) is 3.86. The standard InChI is InChI=1S/C12H13ClINO2/c1-8-7-15(5-6-17-8)12(16)9-3-2-4-10(13)11(9)14/h2-4,8H,5-7H2,1H3/t8-/m0/s1. The maximum Gasteiger partial charge on any atom is 0.255 e. The van der Waals surface area contributed by atoms with Crippen LogP contribution in [0.15, 0.2) is 18.2 Å². The van der Waals surface area contributed by atoms with Crippen LogP contribution in [0, 0.1) is 3.57 Å². The van der Waals surface area contributed by atoms with Crippen LogP contribution in [-0.4, -0.2) is 36.6 Å². The Morgan fingerprint density at radius 2 is 2.35 bits per heavy atom. The van der Waals surface area contributed by atoms with E-state index >= 15 is 0 Å². The fourth-order valence-electron chi connectivity index (χ4n) is 1.84. The van der Waals surface area contributed by atoms with Gasteiger partial charge in [0.15, 0.2) is 0 Å². The molecule has 92 valence electrons. The predicted molar refractivity (Wildman–Crippen MR) is 75.5 cm³/mol. The molecule has 17 heavy (non-hydrogen) atoms. The molecule has 0 unspecified atom stereocenters. The molecule has 1 saturated heterocycles. The van der Waals surface area contributed by atoms with Gasteiger partial charge in [0.2, 0.25) is 0 Å². The average Bonchev–Trinajstić information content (AvgIpc) is 2.32. The summed E-state index contributed by atoms with van der Waals surface area (Å²) in [5.41, 5.74) is 0.673. The Balaban J connectivity index is 2.22. The first-order chi connectivity index (χ1) is 8.09. The van der Waals surface area contributed by atoms with Crippen molar-refractivity contribution in [2.45, 2.75) is 13.0 Å². The van der Waals surface area contributed by atoms with Crippen LogP contribution in [0.4, 0.5) is 0 Å². The molecule has 0 aliphatic carbocycles. The molecule has 2 rings (SSSR count). The SMILES string of the molecule is C[C@H]1CN(C(=O)c2cccc(Cl)c2I)CCO1. The van der Waals surface area contributed by atoms with E-state index in [1.165, 1.54) is 0 Å². The quantitative estimate of drug-likeness (QED) is 0.716. The van der Waals surface area contributed by atoms with E-state index in [9.17, 15) is 4.79 Å². The number of amides is 1. The lowest BCUT2D eigenvalue weighted by atomic mass is 10.2. The van der Waals surface area contributed by atoms with Crippen LogP contribution < -0.4 is 0 Å². The van der Waals surface area contributed by atoms with Crippen molar-refractivity contribution in [2.75, 3.05) is 19.7 Å². The van der Waals surface area contributed by atoms with Crippen molar-refractivity contribution in [1.82, 2.24) is 4.90 Å². The van der Waals surface area contributed by atoms with E-state index in [4.69, 9.17) is 16.3 Å². The zero-order chi connectivity index (χ0) is 12.4. The van der Waals surface area contributed by atoms with Crippen LogP contribution in [0.5, 0.6) is 0 Å². The van der Waals surface area contributed by atoms with Gasteiger partial charge in [0.05, 0.1) is 23.3 Å². The molecule has 0 saturated carbocycles. The van der Waals surface area contributed by atoms with E-state index in [-0.39, 0.29) is 12.0 Å². The fraction of sp³-hybridized carbons (Fsp3) is 0.417. The lowest BCUT2D eigenvalue weighted by Crippen LogP contribution is -2.44. The van der Waals surface area contributed by atoms with Gasteiger partial charge in [-0.15, -0.1) is 0 Å². The summed E-state index contributed by atoms with van der Waals surface area (Å²) in [5.74, 6) is 0.0343. The second-order valence-electron chi connectivity index (χ2n) is 4.03. The zero-order valence-electron chi connectivity index (χ0n) is 9.45. The Labute approximate surface area is 119 Å². The Morgan fingerprint density at radius 3 is 3.06 bits per heavy atom. The molecule has 0 spiro atoms. The van der Waals surface area contributed by atoms with Gasteiger partial charge in [-0.25, -0.2) is 0 Å². The Hall–Kier alpha value is -0.330. The van der Waals surface area contributed by atoms with E-state index in [1.807, 2.05) is 24.0 Å². The van der Waals surface area contributed by atoms with Crippen LogP contribution in [0.25, 0.3) is 0 Å². The second kappa shape index (κ2) is 5.54. The van der Waals surface area contributed by atoms with Gasteiger partial charge in [0.25, 0.3) is 5.91 Å². The first-order valence-corrected chi connectivity index (χ1v) is 6.90. The summed E-state index contributed by atoms with van der Waals surface area (Å²) >= 11 is 8.13. The molecular formula is C12H13ClINO2. The molecule has 5 heteroatoms. The van der Waals surface area contributed by atoms with Gasteiger partial charge in [-0.2, -0.15) is 0 Å². The molecule has 0 N–H and O–H groups in total. The molecule has 1 heterocycles. The van der Waals surface area contributed by atoms with Crippen molar-refractivity contribution in [2.24, 2.45) is 0 Å². The summed E-state index contributed by atoms with van der Waals surface area (Å²) in [7, 11) is 0. The van der Waals surface area contributed by atoms with Crippen LogP contribution >= 0.6 is 34.2 Å². The van der Waals surface area contributed by atoms with Crippen molar-refractivity contribution >= 4 is 40.1 Å². The highest BCUT2D eigenvalue weighted by Crippen LogP contribution is 2.23. The largest absolute Gasteiger partial charge is 0.375 e. The fourth-order valence-corrected chi connectivity index (χ4v) is 2.61. The van der Waals surface area contributed by atoms with E-state index in [2.05, 4.69) is 22.6 Å². The number of nitrogens with zero attached hydrogens (tertiary/aromatic N) is 1. The minimum absolute atomic E-state index is 0.0343. The number of carbonyl (C=O) groups excluding carboxylic acids is 1. The zero-order valence-corrected chi connectivity index (χ0v) is 12.4. The smallest absolute Gasteiger partial charge is 0.255 e. The number of hydrogen-bond donors (Lipinski definition) is 0. The minimum Gasteiger partial charge on any atom is -0.375 e. The molecule has 1 atom stereocenters. The molecule has 0 radical (unpaired) electrons. The van der Waals surface area contributed by atoms with E-state index in [0.717, 1.165) is 3.57 Å². The van der Waals surface area contributed by atoms with Crippen molar-refractivity contribution in [1.29, 1.82) is 0 Å². The molecule has 1 aliphatic rings. The summed E-state index contributed by atoms with van der Waals surface area (Å²) in [6.07, 6.45) is 0.101. The van der Waals surface area contributed by atoms with Gasteiger partial charge in [-0.05, 0) is 41.6 Å². The van der Waals surface area contributed by atoms with Crippen molar-refractivity contribution in [3.8, 4) is 0 Å². The first-order valence-electron chi connectivity index (χ1n) is 5.44. The number of hydrogen-bond acceptors (Lipinski definition) is 2. The topological polar surface area (TPSA) is 29.5 Å². The van der Waals surface area contributed by atoms with Crippen LogP contribution in [0.1, 0.15) is 17.3 Å². The van der Waals surface area contributed by atoms with E-state index < -0.39 is 0 Å². The molecule has 3 nitrogen and oxygen atoms in total. The molecule has 1 aliphatic heterocycles. The maximum atomic E-state index is 12.3. The van der Waals surface area contributed by atoms with Gasteiger partial charge in [0.1, 0.15) is 0 Å². The van der Waals surface area contributed by atoms with Gasteiger partial charge >= 0.3 is 0 Å². The average molecular weight is 366 g/mol. The second-order valence-corrected chi connectivity index (χ2v) is 5.52.